The summed E-state index contributed by atoms with van der Waals surface area (Å²) >= 11 is 3.50. The first kappa shape index (κ1) is 14.1. The number of hydrogen-bond acceptors (Lipinski definition) is 1. The van der Waals surface area contributed by atoms with Gasteiger partial charge in [-0.2, -0.15) is 0 Å². The molecule has 0 spiro atoms. The average Bonchev–Trinajstić information content (AvgIpc) is 2.44. The van der Waals surface area contributed by atoms with E-state index in [-0.39, 0.29) is 0 Å². The van der Waals surface area contributed by atoms with Crippen LogP contribution in [0.15, 0.2) is 53.0 Å². The van der Waals surface area contributed by atoms with Crippen molar-refractivity contribution in [3.8, 4) is 5.75 Å². The highest BCUT2D eigenvalue weighted by Gasteiger charge is 1.99. The van der Waals surface area contributed by atoms with Crippen molar-refractivity contribution in [2.75, 3.05) is 13.7 Å². The van der Waals surface area contributed by atoms with E-state index in [2.05, 4.69) is 57.6 Å². The second kappa shape index (κ2) is 7.31. The average molecular weight is 321 g/mol. The van der Waals surface area contributed by atoms with Gasteiger partial charge in [-0.25, -0.2) is 0 Å². The van der Waals surface area contributed by atoms with Gasteiger partial charge in [-0.3, -0.25) is 0 Å². The maximum Gasteiger partial charge on any atom is 0.119 e. The smallest absolute Gasteiger partial charge is 0.119 e. The van der Waals surface area contributed by atoms with Crippen LogP contribution in [-0.4, -0.2) is 13.7 Å². The largest absolute Gasteiger partial charge is 0.497 e. The lowest BCUT2D eigenvalue weighted by molar-refractivity contribution is -0.670. The highest BCUT2D eigenvalue weighted by Crippen LogP contribution is 2.12. The van der Waals surface area contributed by atoms with Gasteiger partial charge < -0.3 is 10.1 Å². The molecule has 0 heterocycles. The lowest BCUT2D eigenvalue weighted by Crippen LogP contribution is -2.83. The third-order valence-electron chi connectivity index (χ3n) is 3.04. The molecule has 0 unspecified atom stereocenters. The van der Waals surface area contributed by atoms with Crippen LogP contribution in [0, 0.1) is 0 Å². The van der Waals surface area contributed by atoms with Gasteiger partial charge >= 0.3 is 0 Å². The SMILES string of the molecule is COc1cccc(CC[NH2+]Cc2cccc(Br)c2)c1. The molecule has 3 heteroatoms. The van der Waals surface area contributed by atoms with Gasteiger partial charge in [0.25, 0.3) is 0 Å². The minimum Gasteiger partial charge on any atom is -0.497 e. The predicted molar refractivity (Wildman–Crippen MR) is 81.3 cm³/mol. The van der Waals surface area contributed by atoms with E-state index in [9.17, 15) is 0 Å². The predicted octanol–water partition coefficient (Wildman–Crippen LogP) is 2.76. The fourth-order valence-electron chi connectivity index (χ4n) is 2.03. The van der Waals surface area contributed by atoms with Crippen molar-refractivity contribution in [3.05, 3.63) is 64.1 Å². The number of rotatable bonds is 6. The number of ether oxygens (including phenoxy) is 1. The molecule has 0 atom stereocenters. The van der Waals surface area contributed by atoms with Crippen LogP contribution in [0.25, 0.3) is 0 Å². The molecule has 19 heavy (non-hydrogen) atoms. The van der Waals surface area contributed by atoms with Gasteiger partial charge in [-0.05, 0) is 29.8 Å². The van der Waals surface area contributed by atoms with Gasteiger partial charge in [0.2, 0.25) is 0 Å². The van der Waals surface area contributed by atoms with Gasteiger partial charge in [-0.15, -0.1) is 0 Å². The topological polar surface area (TPSA) is 25.8 Å². The standard InChI is InChI=1S/C16H18BrNO/c1-19-16-7-3-4-13(11-16)8-9-18-12-14-5-2-6-15(17)10-14/h2-7,10-11,18H,8-9,12H2,1H3/p+1. The molecule has 0 aliphatic heterocycles. The zero-order valence-electron chi connectivity index (χ0n) is 11.1. The molecule has 0 saturated heterocycles. The van der Waals surface area contributed by atoms with Crippen LogP contribution < -0.4 is 10.1 Å². The van der Waals surface area contributed by atoms with Gasteiger partial charge in [-0.1, -0.05) is 40.2 Å². The lowest BCUT2D eigenvalue weighted by Gasteiger charge is -2.05. The third-order valence-corrected chi connectivity index (χ3v) is 3.53. The van der Waals surface area contributed by atoms with E-state index in [0.717, 1.165) is 29.7 Å². The van der Waals surface area contributed by atoms with Crippen molar-refractivity contribution in [2.24, 2.45) is 0 Å². The Labute approximate surface area is 122 Å². The van der Waals surface area contributed by atoms with Crippen LogP contribution >= 0.6 is 15.9 Å². The fraction of sp³-hybridized carbons (Fsp3) is 0.250. The Balaban J connectivity index is 1.77. The molecule has 0 aliphatic carbocycles. The van der Waals surface area contributed by atoms with E-state index in [1.165, 1.54) is 11.1 Å². The Kier molecular flexibility index (Phi) is 5.43. The van der Waals surface area contributed by atoms with Crippen LogP contribution in [0.2, 0.25) is 0 Å². The molecule has 0 aliphatic rings. The highest BCUT2D eigenvalue weighted by atomic mass is 79.9. The molecule has 0 bridgehead atoms. The lowest BCUT2D eigenvalue weighted by atomic mass is 10.1. The summed E-state index contributed by atoms with van der Waals surface area (Å²) in [5.41, 5.74) is 2.67. The molecular weight excluding hydrogens is 302 g/mol. The monoisotopic (exact) mass is 320 g/mol. The molecule has 2 aromatic carbocycles. The van der Waals surface area contributed by atoms with Crippen molar-refractivity contribution < 1.29 is 10.1 Å². The molecule has 0 saturated carbocycles. The van der Waals surface area contributed by atoms with Gasteiger partial charge in [0, 0.05) is 16.5 Å². The summed E-state index contributed by atoms with van der Waals surface area (Å²) in [6, 6.07) is 16.7. The molecule has 2 N–H and O–H groups in total. The molecule has 0 amide bonds. The summed E-state index contributed by atoms with van der Waals surface area (Å²) in [4.78, 5) is 0. The first-order valence-electron chi connectivity index (χ1n) is 6.47. The first-order chi connectivity index (χ1) is 9.28. The number of hydrogen-bond donors (Lipinski definition) is 1. The Morgan fingerprint density at radius 3 is 2.63 bits per heavy atom. The Morgan fingerprint density at radius 1 is 1.05 bits per heavy atom. The summed E-state index contributed by atoms with van der Waals surface area (Å²) in [6.07, 6.45) is 1.06. The van der Waals surface area contributed by atoms with Gasteiger partial charge in [0.1, 0.15) is 12.3 Å². The van der Waals surface area contributed by atoms with Gasteiger partial charge in [0.15, 0.2) is 0 Å². The van der Waals surface area contributed by atoms with Crippen molar-refractivity contribution in [1.82, 2.24) is 0 Å². The van der Waals surface area contributed by atoms with Crippen LogP contribution in [0.5, 0.6) is 5.75 Å². The van der Waals surface area contributed by atoms with Crippen molar-refractivity contribution in [1.29, 1.82) is 0 Å². The fourth-order valence-corrected chi connectivity index (χ4v) is 2.48. The minimum absolute atomic E-state index is 0.935. The Bertz CT molecular complexity index is 528. The molecular formula is C16H19BrNO+. The van der Waals surface area contributed by atoms with E-state index in [1.54, 1.807) is 7.11 Å². The van der Waals surface area contributed by atoms with Crippen molar-refractivity contribution >= 4 is 15.9 Å². The van der Waals surface area contributed by atoms with E-state index >= 15 is 0 Å². The number of halogens is 1. The summed E-state index contributed by atoms with van der Waals surface area (Å²) in [6.45, 7) is 2.10. The summed E-state index contributed by atoms with van der Waals surface area (Å²) in [5, 5.41) is 2.33. The summed E-state index contributed by atoms with van der Waals surface area (Å²) in [5.74, 6) is 0.935. The summed E-state index contributed by atoms with van der Waals surface area (Å²) < 4.78 is 6.37. The molecule has 0 radical (unpaired) electrons. The normalized spacial score (nSPS) is 10.4. The van der Waals surface area contributed by atoms with Crippen LogP contribution in [0.3, 0.4) is 0 Å². The second-order valence-electron chi connectivity index (χ2n) is 4.51. The Hall–Kier alpha value is -1.32. The van der Waals surface area contributed by atoms with E-state index in [4.69, 9.17) is 4.74 Å². The van der Waals surface area contributed by atoms with Crippen LogP contribution in [-0.2, 0) is 13.0 Å². The van der Waals surface area contributed by atoms with Crippen molar-refractivity contribution in [2.45, 2.75) is 13.0 Å². The number of benzene rings is 2. The molecule has 2 aromatic rings. The van der Waals surface area contributed by atoms with Gasteiger partial charge in [0.05, 0.1) is 13.7 Å². The summed E-state index contributed by atoms with van der Waals surface area (Å²) in [7, 11) is 1.71. The Morgan fingerprint density at radius 2 is 1.84 bits per heavy atom. The number of quaternary nitrogens is 1. The maximum atomic E-state index is 5.23. The molecule has 100 valence electrons. The highest BCUT2D eigenvalue weighted by molar-refractivity contribution is 9.10. The minimum atomic E-state index is 0.935. The molecule has 0 fully saturated rings. The van der Waals surface area contributed by atoms with Crippen LogP contribution in [0.1, 0.15) is 11.1 Å². The molecule has 0 aromatic heterocycles. The maximum absolute atomic E-state index is 5.23. The first-order valence-corrected chi connectivity index (χ1v) is 7.26. The van der Waals surface area contributed by atoms with E-state index in [0.29, 0.717) is 0 Å². The zero-order valence-corrected chi connectivity index (χ0v) is 12.7. The number of methoxy groups -OCH3 is 1. The second-order valence-corrected chi connectivity index (χ2v) is 5.43. The zero-order chi connectivity index (χ0) is 13.5. The van der Waals surface area contributed by atoms with Crippen LogP contribution in [0.4, 0.5) is 0 Å². The van der Waals surface area contributed by atoms with E-state index in [1.807, 2.05) is 12.1 Å². The van der Waals surface area contributed by atoms with Crippen molar-refractivity contribution in [3.63, 3.8) is 0 Å². The third kappa shape index (κ3) is 4.69. The quantitative estimate of drug-likeness (QED) is 0.814. The molecule has 2 rings (SSSR count). The molecule has 2 nitrogen and oxygen atoms in total. The van der Waals surface area contributed by atoms with E-state index < -0.39 is 0 Å². The number of nitrogens with two attached hydrogens (primary N) is 1.